The van der Waals surface area contributed by atoms with Crippen molar-refractivity contribution in [1.82, 2.24) is 15.1 Å². The number of carbonyl (C=O) groups is 2. The quantitative estimate of drug-likeness (QED) is 0.842. The number of hydrogen-bond donors (Lipinski definition) is 2. The molecule has 1 aromatic heterocycles. The monoisotopic (exact) mass is 342 g/mol. The molecule has 7 heteroatoms. The van der Waals surface area contributed by atoms with E-state index in [-0.39, 0.29) is 24.5 Å². The van der Waals surface area contributed by atoms with Crippen molar-refractivity contribution in [1.29, 1.82) is 0 Å². The minimum atomic E-state index is -0.248. The molecular weight excluding hydrogens is 320 g/mol. The Morgan fingerprint density at radius 2 is 2.04 bits per heavy atom. The van der Waals surface area contributed by atoms with Gasteiger partial charge in [-0.3, -0.25) is 14.7 Å². The summed E-state index contributed by atoms with van der Waals surface area (Å²) < 4.78 is 5.41. The van der Waals surface area contributed by atoms with Gasteiger partial charge in [0.2, 0.25) is 5.91 Å². The van der Waals surface area contributed by atoms with Crippen LogP contribution < -0.4 is 10.1 Å². The number of ether oxygens (including phenoxy) is 1. The Morgan fingerprint density at radius 1 is 1.32 bits per heavy atom. The average Bonchev–Trinajstić information content (AvgIpc) is 3.00. The van der Waals surface area contributed by atoms with E-state index in [1.165, 1.54) is 0 Å². The first-order chi connectivity index (χ1) is 12.0. The van der Waals surface area contributed by atoms with Gasteiger partial charge in [0.05, 0.1) is 5.69 Å². The maximum Gasteiger partial charge on any atom is 0.263 e. The summed E-state index contributed by atoms with van der Waals surface area (Å²) in [5.74, 6) is 1.35. The van der Waals surface area contributed by atoms with Crippen LogP contribution in [0.1, 0.15) is 31.4 Å². The number of hydrogen-bond acceptors (Lipinski definition) is 4. The van der Waals surface area contributed by atoms with Crippen LogP contribution in [0.4, 0.5) is 5.82 Å². The summed E-state index contributed by atoms with van der Waals surface area (Å²) in [6.45, 7) is 1.51. The maximum atomic E-state index is 11.9. The van der Waals surface area contributed by atoms with Crippen molar-refractivity contribution >= 4 is 17.6 Å². The lowest BCUT2D eigenvalue weighted by atomic mass is 9.77. The van der Waals surface area contributed by atoms with E-state index in [9.17, 15) is 9.59 Å². The Kier molecular flexibility index (Phi) is 5.02. The lowest BCUT2D eigenvalue weighted by Crippen LogP contribution is -2.43. The minimum absolute atomic E-state index is 0.0622. The first-order valence-electron chi connectivity index (χ1n) is 8.29. The maximum absolute atomic E-state index is 11.9. The van der Waals surface area contributed by atoms with E-state index in [4.69, 9.17) is 4.74 Å². The lowest BCUT2D eigenvalue weighted by molar-refractivity contribution is -0.131. The van der Waals surface area contributed by atoms with Crippen LogP contribution in [-0.4, -0.2) is 46.6 Å². The number of H-pyrrole nitrogens is 1. The van der Waals surface area contributed by atoms with E-state index in [1.807, 2.05) is 31.3 Å². The molecule has 0 bridgehead atoms. The number of amides is 2. The van der Waals surface area contributed by atoms with Crippen molar-refractivity contribution in [2.45, 2.75) is 31.7 Å². The van der Waals surface area contributed by atoms with Crippen LogP contribution in [0.3, 0.4) is 0 Å². The molecule has 1 fully saturated rings. The Morgan fingerprint density at radius 3 is 2.72 bits per heavy atom. The van der Waals surface area contributed by atoms with Gasteiger partial charge in [-0.1, -0.05) is 18.2 Å². The van der Waals surface area contributed by atoms with Crippen molar-refractivity contribution in [2.24, 2.45) is 0 Å². The van der Waals surface area contributed by atoms with Gasteiger partial charge < -0.3 is 15.0 Å². The third kappa shape index (κ3) is 4.17. The van der Waals surface area contributed by atoms with Crippen molar-refractivity contribution < 1.29 is 14.3 Å². The number of nitrogens with one attached hydrogen (secondary N) is 2. The highest BCUT2D eigenvalue weighted by molar-refractivity contribution is 5.91. The van der Waals surface area contributed by atoms with Crippen molar-refractivity contribution in [2.75, 3.05) is 19.0 Å². The molecule has 0 radical (unpaired) electrons. The summed E-state index contributed by atoms with van der Waals surface area (Å²) >= 11 is 0. The smallest absolute Gasteiger partial charge is 0.263 e. The number of carbonyl (C=O) groups excluding carboxylic acids is 2. The zero-order chi connectivity index (χ0) is 17.8. The van der Waals surface area contributed by atoms with Gasteiger partial charge in [-0.05, 0) is 25.0 Å². The number of para-hydroxylation sites is 1. The van der Waals surface area contributed by atoms with Gasteiger partial charge in [0, 0.05) is 32.0 Å². The molecule has 0 atom stereocenters. The van der Waals surface area contributed by atoms with Crippen LogP contribution >= 0.6 is 0 Å². The van der Waals surface area contributed by atoms with Crippen molar-refractivity contribution in [3.63, 3.8) is 0 Å². The zero-order valence-corrected chi connectivity index (χ0v) is 14.4. The second-order valence-corrected chi connectivity index (χ2v) is 6.31. The second kappa shape index (κ2) is 7.38. The van der Waals surface area contributed by atoms with Crippen LogP contribution in [0, 0.1) is 0 Å². The van der Waals surface area contributed by atoms with Crippen LogP contribution in [-0.2, 0) is 9.59 Å². The molecule has 0 saturated heterocycles. The molecule has 25 heavy (non-hydrogen) atoms. The van der Waals surface area contributed by atoms with E-state index >= 15 is 0 Å². The van der Waals surface area contributed by atoms with E-state index < -0.39 is 0 Å². The third-order valence-electron chi connectivity index (χ3n) is 4.56. The first-order valence-corrected chi connectivity index (χ1v) is 8.29. The molecule has 1 aliphatic rings. The largest absolute Gasteiger partial charge is 0.484 e. The van der Waals surface area contributed by atoms with E-state index in [2.05, 4.69) is 15.5 Å². The molecule has 1 saturated carbocycles. The standard InChI is InChI=1S/C18H22N4O3/c1-12(23)22(2)14-8-13(9-14)16-10-17(21-20-16)19-18(24)11-25-15-6-4-3-5-7-15/h3-7,10,13-14H,8-9,11H2,1-2H3,(H2,19,20,21,24)/t13-,14+. The molecule has 132 valence electrons. The highest BCUT2D eigenvalue weighted by Gasteiger charge is 2.35. The molecule has 0 unspecified atom stereocenters. The summed E-state index contributed by atoms with van der Waals surface area (Å²) in [6, 6.07) is 11.3. The predicted molar refractivity (Wildman–Crippen MR) is 93.4 cm³/mol. The SMILES string of the molecule is CC(=O)N(C)[C@H]1C[C@@H](c2cc(NC(=O)COc3ccccc3)[nH]n2)C1. The summed E-state index contributed by atoms with van der Waals surface area (Å²) in [7, 11) is 1.83. The second-order valence-electron chi connectivity index (χ2n) is 6.31. The van der Waals surface area contributed by atoms with Gasteiger partial charge in [-0.15, -0.1) is 0 Å². The molecular formula is C18H22N4O3. The molecule has 1 aliphatic carbocycles. The van der Waals surface area contributed by atoms with Crippen molar-refractivity contribution in [3.8, 4) is 5.75 Å². The van der Waals surface area contributed by atoms with E-state index in [0.717, 1.165) is 18.5 Å². The molecule has 1 heterocycles. The van der Waals surface area contributed by atoms with Gasteiger partial charge in [0.1, 0.15) is 11.6 Å². The summed E-state index contributed by atoms with van der Waals surface area (Å²) in [4.78, 5) is 25.1. The van der Waals surface area contributed by atoms with Crippen LogP contribution in [0.25, 0.3) is 0 Å². The molecule has 1 aromatic carbocycles. The van der Waals surface area contributed by atoms with Crippen LogP contribution in [0.2, 0.25) is 0 Å². The van der Waals surface area contributed by atoms with Crippen LogP contribution in [0.5, 0.6) is 5.75 Å². The highest BCUT2D eigenvalue weighted by atomic mass is 16.5. The fourth-order valence-electron chi connectivity index (χ4n) is 2.86. The van der Waals surface area contributed by atoms with E-state index in [0.29, 0.717) is 17.5 Å². The third-order valence-corrected chi connectivity index (χ3v) is 4.56. The van der Waals surface area contributed by atoms with E-state index in [1.54, 1.807) is 24.0 Å². The average molecular weight is 342 g/mol. The topological polar surface area (TPSA) is 87.3 Å². The molecule has 2 aromatic rings. The van der Waals surface area contributed by atoms with Gasteiger partial charge in [-0.2, -0.15) is 5.10 Å². The zero-order valence-electron chi connectivity index (χ0n) is 14.4. The summed E-state index contributed by atoms with van der Waals surface area (Å²) in [5, 5.41) is 9.84. The number of nitrogens with zero attached hydrogens (tertiary/aromatic N) is 2. The molecule has 2 amide bonds. The molecule has 0 aliphatic heterocycles. The Balaban J connectivity index is 1.46. The summed E-state index contributed by atoms with van der Waals surface area (Å²) in [5.41, 5.74) is 0.910. The predicted octanol–water partition coefficient (Wildman–Crippen LogP) is 2.15. The first kappa shape index (κ1) is 17.0. The van der Waals surface area contributed by atoms with Gasteiger partial charge in [-0.25, -0.2) is 0 Å². The molecule has 0 spiro atoms. The Hall–Kier alpha value is -2.83. The molecule has 3 rings (SSSR count). The number of aromatic amines is 1. The fraction of sp³-hybridized carbons (Fsp3) is 0.389. The summed E-state index contributed by atoms with van der Waals surface area (Å²) in [6.07, 6.45) is 1.79. The highest BCUT2D eigenvalue weighted by Crippen LogP contribution is 2.39. The number of anilines is 1. The number of aromatic nitrogens is 2. The van der Waals surface area contributed by atoms with Crippen LogP contribution in [0.15, 0.2) is 36.4 Å². The lowest BCUT2D eigenvalue weighted by Gasteiger charge is -2.40. The number of benzene rings is 1. The Labute approximate surface area is 146 Å². The van der Waals surface area contributed by atoms with Gasteiger partial charge in [0.15, 0.2) is 6.61 Å². The van der Waals surface area contributed by atoms with Gasteiger partial charge in [0.25, 0.3) is 5.91 Å². The minimum Gasteiger partial charge on any atom is -0.484 e. The van der Waals surface area contributed by atoms with Crippen molar-refractivity contribution in [3.05, 3.63) is 42.1 Å². The number of rotatable bonds is 6. The van der Waals surface area contributed by atoms with Gasteiger partial charge >= 0.3 is 0 Å². The fourth-order valence-corrected chi connectivity index (χ4v) is 2.86. The Bertz CT molecular complexity index is 738. The molecule has 2 N–H and O–H groups in total. The molecule has 7 nitrogen and oxygen atoms in total. The normalized spacial score (nSPS) is 19.0.